The van der Waals surface area contributed by atoms with Crippen LogP contribution >= 0.6 is 0 Å². The lowest BCUT2D eigenvalue weighted by Crippen LogP contribution is -2.37. The number of sulfonamides is 1. The van der Waals surface area contributed by atoms with Gasteiger partial charge in [-0.15, -0.1) is 0 Å². The van der Waals surface area contributed by atoms with Crippen LogP contribution in [0.4, 0.5) is 5.69 Å². The Morgan fingerprint density at radius 1 is 1.03 bits per heavy atom. The fourth-order valence-electron chi connectivity index (χ4n) is 2.87. The van der Waals surface area contributed by atoms with Crippen molar-refractivity contribution >= 4 is 27.8 Å². The van der Waals surface area contributed by atoms with Crippen molar-refractivity contribution in [1.82, 2.24) is 0 Å². The van der Waals surface area contributed by atoms with Gasteiger partial charge in [0.25, 0.3) is 10.0 Å². The quantitative estimate of drug-likeness (QED) is 0.481. The van der Waals surface area contributed by atoms with Crippen LogP contribution in [0.15, 0.2) is 53.4 Å². The van der Waals surface area contributed by atoms with E-state index in [4.69, 9.17) is 9.47 Å². The van der Waals surface area contributed by atoms with Crippen molar-refractivity contribution in [3.8, 4) is 11.5 Å². The summed E-state index contributed by atoms with van der Waals surface area (Å²) in [5, 5.41) is 0. The first kappa shape index (κ1) is 22.3. The summed E-state index contributed by atoms with van der Waals surface area (Å²) in [6, 6.07) is 11.5. The highest BCUT2D eigenvalue weighted by atomic mass is 32.2. The summed E-state index contributed by atoms with van der Waals surface area (Å²) >= 11 is 0. The van der Waals surface area contributed by atoms with Crippen LogP contribution in [0.3, 0.4) is 0 Å². The molecule has 0 saturated heterocycles. The molecule has 0 saturated carbocycles. The minimum atomic E-state index is -4.02. The fraction of sp³-hybridized carbons (Fsp3) is 0.286. The maximum atomic E-state index is 13.6. The maximum Gasteiger partial charge on any atom is 0.330 e. The van der Waals surface area contributed by atoms with Gasteiger partial charge in [-0.05, 0) is 49.8 Å². The van der Waals surface area contributed by atoms with Gasteiger partial charge in [-0.3, -0.25) is 4.31 Å². The molecule has 2 aromatic rings. The molecule has 0 amide bonds. The first-order valence-corrected chi connectivity index (χ1v) is 10.3. The molecule has 156 valence electrons. The molecule has 0 atom stereocenters. The van der Waals surface area contributed by atoms with E-state index in [0.717, 1.165) is 0 Å². The van der Waals surface area contributed by atoms with Gasteiger partial charge in [0.15, 0.2) is 11.5 Å². The van der Waals surface area contributed by atoms with Gasteiger partial charge >= 0.3 is 5.97 Å². The molecule has 7 nitrogen and oxygen atoms in total. The number of para-hydroxylation sites is 1. The van der Waals surface area contributed by atoms with Crippen molar-refractivity contribution in [2.75, 3.05) is 25.6 Å². The number of hydrogen-bond acceptors (Lipinski definition) is 6. The van der Waals surface area contributed by atoms with E-state index in [9.17, 15) is 13.2 Å². The zero-order valence-electron chi connectivity index (χ0n) is 17.1. The van der Waals surface area contributed by atoms with Gasteiger partial charge in [0.2, 0.25) is 0 Å². The monoisotopic (exact) mass is 419 g/mol. The predicted molar refractivity (Wildman–Crippen MR) is 112 cm³/mol. The molecular formula is C21H25NO6S. The number of methoxy groups -OCH3 is 3. The molecule has 2 aromatic carbocycles. The normalized spacial score (nSPS) is 11.5. The van der Waals surface area contributed by atoms with Crippen molar-refractivity contribution in [3.05, 3.63) is 54.1 Å². The first-order chi connectivity index (χ1) is 13.8. The van der Waals surface area contributed by atoms with Gasteiger partial charge < -0.3 is 14.2 Å². The molecule has 0 aromatic heterocycles. The van der Waals surface area contributed by atoms with Crippen molar-refractivity contribution < 1.29 is 27.4 Å². The molecule has 0 unspecified atom stereocenters. The number of hydrogen-bond donors (Lipinski definition) is 0. The number of ether oxygens (including phenoxy) is 3. The molecule has 0 bridgehead atoms. The van der Waals surface area contributed by atoms with Gasteiger partial charge in [0.1, 0.15) is 4.90 Å². The molecule has 29 heavy (non-hydrogen) atoms. The predicted octanol–water partition coefficient (Wildman–Crippen LogP) is 3.49. The average molecular weight is 419 g/mol. The van der Waals surface area contributed by atoms with Gasteiger partial charge in [0.05, 0.1) is 27.0 Å². The van der Waals surface area contributed by atoms with Crippen molar-refractivity contribution in [1.29, 1.82) is 0 Å². The number of anilines is 1. The molecule has 8 heteroatoms. The molecule has 0 N–H and O–H groups in total. The van der Waals surface area contributed by atoms with E-state index in [-0.39, 0.29) is 22.4 Å². The SMILES string of the molecule is COC(=O)/C=C/c1cc(OC)c(OC)c(S(=O)(=O)N(c2ccccc2)C(C)C)c1. The Hall–Kier alpha value is -3.00. The highest BCUT2D eigenvalue weighted by Gasteiger charge is 2.32. The number of carbonyl (C=O) groups excluding carboxylic acids is 1. The molecule has 0 aliphatic rings. The molecule has 2 rings (SSSR count). The summed E-state index contributed by atoms with van der Waals surface area (Å²) in [5.74, 6) is -0.239. The lowest BCUT2D eigenvalue weighted by atomic mass is 10.2. The second-order valence-electron chi connectivity index (χ2n) is 6.34. The Morgan fingerprint density at radius 2 is 1.69 bits per heavy atom. The standard InChI is InChI=1S/C21H25NO6S/c1-15(2)22(17-9-7-6-8-10-17)29(24,25)19-14-16(11-12-20(23)27-4)13-18(26-3)21(19)28-5/h6-15H,1-5H3/b12-11+. The van der Waals surface area contributed by atoms with Crippen LogP contribution in [0, 0.1) is 0 Å². The van der Waals surface area contributed by atoms with Gasteiger partial charge in [0, 0.05) is 12.1 Å². The second-order valence-corrected chi connectivity index (χ2v) is 8.12. The van der Waals surface area contributed by atoms with Crippen LogP contribution in [0.25, 0.3) is 6.08 Å². The number of nitrogens with zero attached hydrogens (tertiary/aromatic N) is 1. The summed E-state index contributed by atoms with van der Waals surface area (Å²) in [6.45, 7) is 3.57. The second kappa shape index (κ2) is 9.47. The fourth-order valence-corrected chi connectivity index (χ4v) is 4.73. The van der Waals surface area contributed by atoms with Gasteiger partial charge in [-0.2, -0.15) is 0 Å². The minimum absolute atomic E-state index is 0.0681. The van der Waals surface area contributed by atoms with Crippen LogP contribution in [0.2, 0.25) is 0 Å². The van der Waals surface area contributed by atoms with Gasteiger partial charge in [-0.1, -0.05) is 18.2 Å². The smallest absolute Gasteiger partial charge is 0.330 e. The lowest BCUT2D eigenvalue weighted by Gasteiger charge is -2.29. The van der Waals surface area contributed by atoms with E-state index in [2.05, 4.69) is 4.74 Å². The van der Waals surface area contributed by atoms with Crippen LogP contribution in [-0.2, 0) is 19.6 Å². The molecule has 0 heterocycles. The third-order valence-corrected chi connectivity index (χ3v) is 6.11. The Labute approximate surface area is 171 Å². The zero-order chi connectivity index (χ0) is 21.6. The van der Waals surface area contributed by atoms with Crippen molar-refractivity contribution in [3.63, 3.8) is 0 Å². The molecular weight excluding hydrogens is 394 g/mol. The van der Waals surface area contributed by atoms with E-state index in [1.54, 1.807) is 44.2 Å². The number of rotatable bonds is 8. The molecule has 0 fully saturated rings. The van der Waals surface area contributed by atoms with E-state index in [1.807, 2.05) is 6.07 Å². The first-order valence-electron chi connectivity index (χ1n) is 8.87. The van der Waals surface area contributed by atoms with Crippen LogP contribution in [0.1, 0.15) is 19.4 Å². The van der Waals surface area contributed by atoms with E-state index in [1.165, 1.54) is 43.9 Å². The Balaban J connectivity index is 2.71. The third kappa shape index (κ3) is 4.89. The van der Waals surface area contributed by atoms with Crippen LogP contribution < -0.4 is 13.8 Å². The summed E-state index contributed by atoms with van der Waals surface area (Å²) in [6.07, 6.45) is 2.66. The van der Waals surface area contributed by atoms with Crippen LogP contribution in [-0.4, -0.2) is 41.8 Å². The topological polar surface area (TPSA) is 82.1 Å². The molecule has 0 spiro atoms. The summed E-state index contributed by atoms with van der Waals surface area (Å²) in [7, 11) is 0.0385. The summed E-state index contributed by atoms with van der Waals surface area (Å²) in [5.41, 5.74) is 0.974. The third-order valence-electron chi connectivity index (χ3n) is 4.10. The Morgan fingerprint density at radius 3 is 2.21 bits per heavy atom. The molecule has 0 radical (unpaired) electrons. The summed E-state index contributed by atoms with van der Waals surface area (Å²) < 4.78 is 43.9. The number of benzene rings is 2. The number of carbonyl (C=O) groups is 1. The Bertz CT molecular complexity index is 984. The van der Waals surface area contributed by atoms with E-state index < -0.39 is 16.0 Å². The lowest BCUT2D eigenvalue weighted by molar-refractivity contribution is -0.134. The summed E-state index contributed by atoms with van der Waals surface area (Å²) in [4.78, 5) is 11.4. The molecule has 0 aliphatic heterocycles. The average Bonchev–Trinajstić information content (AvgIpc) is 2.71. The Kier molecular flexibility index (Phi) is 7.28. The zero-order valence-corrected chi connectivity index (χ0v) is 17.9. The van der Waals surface area contributed by atoms with Crippen LogP contribution in [0.5, 0.6) is 11.5 Å². The largest absolute Gasteiger partial charge is 0.493 e. The highest BCUT2D eigenvalue weighted by Crippen LogP contribution is 2.39. The maximum absolute atomic E-state index is 13.6. The minimum Gasteiger partial charge on any atom is -0.493 e. The number of esters is 1. The van der Waals surface area contributed by atoms with E-state index >= 15 is 0 Å². The van der Waals surface area contributed by atoms with Gasteiger partial charge in [-0.25, -0.2) is 13.2 Å². The van der Waals surface area contributed by atoms with Crippen molar-refractivity contribution in [2.24, 2.45) is 0 Å². The van der Waals surface area contributed by atoms with Crippen molar-refractivity contribution in [2.45, 2.75) is 24.8 Å². The highest BCUT2D eigenvalue weighted by molar-refractivity contribution is 7.93. The molecule has 0 aliphatic carbocycles. The van der Waals surface area contributed by atoms with E-state index in [0.29, 0.717) is 11.3 Å².